The van der Waals surface area contributed by atoms with Crippen LogP contribution in [0.15, 0.2) is 30.3 Å². The minimum absolute atomic E-state index is 0.0342. The zero-order valence-corrected chi connectivity index (χ0v) is 11.6. The van der Waals surface area contributed by atoms with E-state index in [0.29, 0.717) is 5.92 Å². The zero-order chi connectivity index (χ0) is 13.0. The monoisotopic (exact) mass is 267 g/mol. The Morgan fingerprint density at radius 2 is 1.94 bits per heavy atom. The van der Waals surface area contributed by atoms with Crippen molar-refractivity contribution >= 4 is 10.0 Å². The maximum atomic E-state index is 12.0. The van der Waals surface area contributed by atoms with E-state index in [9.17, 15) is 8.42 Å². The molecule has 0 aliphatic heterocycles. The first-order valence-corrected chi connectivity index (χ1v) is 8.32. The van der Waals surface area contributed by atoms with Crippen LogP contribution in [0.5, 0.6) is 0 Å². The van der Waals surface area contributed by atoms with Gasteiger partial charge in [0.1, 0.15) is 0 Å². The molecule has 0 aromatic heterocycles. The SMILES string of the molecule is CCCCS(=O)(=O)NC(c1ccccc1)C1CC1. The summed E-state index contributed by atoms with van der Waals surface area (Å²) in [7, 11) is -3.15. The van der Waals surface area contributed by atoms with Gasteiger partial charge >= 0.3 is 0 Å². The number of unbranched alkanes of at least 4 members (excludes halogenated alkanes) is 1. The fourth-order valence-corrected chi connectivity index (χ4v) is 3.62. The van der Waals surface area contributed by atoms with Crippen LogP contribution in [0.4, 0.5) is 0 Å². The van der Waals surface area contributed by atoms with Gasteiger partial charge in [0.05, 0.1) is 5.75 Å². The number of rotatable bonds is 7. The van der Waals surface area contributed by atoms with E-state index in [4.69, 9.17) is 0 Å². The normalized spacial score (nSPS) is 17.6. The summed E-state index contributed by atoms with van der Waals surface area (Å²) in [6.45, 7) is 2.01. The van der Waals surface area contributed by atoms with Crippen molar-refractivity contribution in [1.29, 1.82) is 0 Å². The summed E-state index contributed by atoms with van der Waals surface area (Å²) in [6, 6.07) is 9.86. The minimum atomic E-state index is -3.15. The van der Waals surface area contributed by atoms with Crippen molar-refractivity contribution in [2.24, 2.45) is 5.92 Å². The molecule has 0 saturated heterocycles. The Hall–Kier alpha value is -0.870. The van der Waals surface area contributed by atoms with Gasteiger partial charge in [-0.05, 0) is 30.7 Å². The molecule has 1 N–H and O–H groups in total. The number of nitrogens with one attached hydrogen (secondary N) is 1. The van der Waals surface area contributed by atoms with Gasteiger partial charge in [-0.2, -0.15) is 0 Å². The van der Waals surface area contributed by atoms with E-state index in [2.05, 4.69) is 4.72 Å². The number of sulfonamides is 1. The molecule has 1 fully saturated rings. The van der Waals surface area contributed by atoms with Gasteiger partial charge in [0.2, 0.25) is 10.0 Å². The molecule has 1 saturated carbocycles. The molecule has 0 radical (unpaired) electrons. The highest BCUT2D eigenvalue weighted by atomic mass is 32.2. The molecule has 18 heavy (non-hydrogen) atoms. The molecular weight excluding hydrogens is 246 g/mol. The maximum absolute atomic E-state index is 12.0. The summed E-state index contributed by atoms with van der Waals surface area (Å²) in [5, 5.41) is 0. The smallest absolute Gasteiger partial charge is 0.212 e. The van der Waals surface area contributed by atoms with Crippen LogP contribution in [0.2, 0.25) is 0 Å². The fourth-order valence-electron chi connectivity index (χ4n) is 2.11. The van der Waals surface area contributed by atoms with Gasteiger partial charge in [0.15, 0.2) is 0 Å². The summed E-state index contributed by atoms with van der Waals surface area (Å²) in [5.41, 5.74) is 1.08. The lowest BCUT2D eigenvalue weighted by Gasteiger charge is -2.18. The van der Waals surface area contributed by atoms with Crippen molar-refractivity contribution in [2.75, 3.05) is 5.75 Å². The summed E-state index contributed by atoms with van der Waals surface area (Å²) in [4.78, 5) is 0. The highest BCUT2D eigenvalue weighted by molar-refractivity contribution is 7.89. The predicted molar refractivity (Wildman–Crippen MR) is 73.7 cm³/mol. The number of hydrogen-bond acceptors (Lipinski definition) is 2. The second-order valence-electron chi connectivity index (χ2n) is 5.02. The van der Waals surface area contributed by atoms with Gasteiger partial charge in [-0.25, -0.2) is 13.1 Å². The average molecular weight is 267 g/mol. The van der Waals surface area contributed by atoms with E-state index in [1.165, 1.54) is 0 Å². The van der Waals surface area contributed by atoms with E-state index in [1.807, 2.05) is 37.3 Å². The van der Waals surface area contributed by atoms with Gasteiger partial charge in [-0.1, -0.05) is 43.7 Å². The van der Waals surface area contributed by atoms with Crippen molar-refractivity contribution in [3.63, 3.8) is 0 Å². The standard InChI is InChI=1S/C14H21NO2S/c1-2-3-11-18(16,17)15-14(13-9-10-13)12-7-5-4-6-8-12/h4-8,13-15H,2-3,9-11H2,1H3. The van der Waals surface area contributed by atoms with E-state index >= 15 is 0 Å². The Morgan fingerprint density at radius 1 is 1.28 bits per heavy atom. The van der Waals surface area contributed by atoms with Gasteiger partial charge in [0, 0.05) is 6.04 Å². The molecule has 0 bridgehead atoms. The topological polar surface area (TPSA) is 46.2 Å². The lowest BCUT2D eigenvalue weighted by atomic mass is 10.0. The molecule has 0 amide bonds. The van der Waals surface area contributed by atoms with Gasteiger partial charge in [-0.3, -0.25) is 0 Å². The lowest BCUT2D eigenvalue weighted by molar-refractivity contribution is 0.527. The molecule has 3 nitrogen and oxygen atoms in total. The van der Waals surface area contributed by atoms with Crippen molar-refractivity contribution in [3.8, 4) is 0 Å². The average Bonchev–Trinajstić information content (AvgIpc) is 3.19. The summed E-state index contributed by atoms with van der Waals surface area (Å²) < 4.78 is 26.9. The molecular formula is C14H21NO2S. The number of hydrogen-bond donors (Lipinski definition) is 1. The van der Waals surface area contributed by atoms with Crippen molar-refractivity contribution in [3.05, 3.63) is 35.9 Å². The molecule has 1 aliphatic carbocycles. The third-order valence-corrected chi connectivity index (χ3v) is 4.76. The minimum Gasteiger partial charge on any atom is -0.212 e. The second-order valence-corrected chi connectivity index (χ2v) is 6.89. The Labute approximate surface area is 110 Å². The Morgan fingerprint density at radius 3 is 2.50 bits per heavy atom. The first-order chi connectivity index (χ1) is 8.62. The van der Waals surface area contributed by atoms with Crippen molar-refractivity contribution < 1.29 is 8.42 Å². The van der Waals surface area contributed by atoms with E-state index in [-0.39, 0.29) is 11.8 Å². The molecule has 100 valence electrons. The van der Waals surface area contributed by atoms with Gasteiger partial charge in [-0.15, -0.1) is 0 Å². The molecule has 1 atom stereocenters. The predicted octanol–water partition coefficient (Wildman–Crippen LogP) is 2.86. The van der Waals surface area contributed by atoms with Crippen LogP contribution in [0.3, 0.4) is 0 Å². The molecule has 4 heteroatoms. The van der Waals surface area contributed by atoms with E-state index in [0.717, 1.165) is 31.2 Å². The van der Waals surface area contributed by atoms with Crippen LogP contribution in [-0.2, 0) is 10.0 Å². The summed E-state index contributed by atoms with van der Waals surface area (Å²) >= 11 is 0. The van der Waals surface area contributed by atoms with Gasteiger partial charge < -0.3 is 0 Å². The Kier molecular flexibility index (Phi) is 4.40. The van der Waals surface area contributed by atoms with Crippen LogP contribution in [0.1, 0.15) is 44.2 Å². The van der Waals surface area contributed by atoms with Crippen LogP contribution in [-0.4, -0.2) is 14.2 Å². The first-order valence-electron chi connectivity index (χ1n) is 6.67. The number of benzene rings is 1. The largest absolute Gasteiger partial charge is 0.212 e. The van der Waals surface area contributed by atoms with Crippen LogP contribution < -0.4 is 4.72 Å². The van der Waals surface area contributed by atoms with Crippen LogP contribution >= 0.6 is 0 Å². The molecule has 1 aliphatic rings. The molecule has 0 heterocycles. The van der Waals surface area contributed by atoms with Crippen LogP contribution in [0, 0.1) is 5.92 Å². The summed E-state index contributed by atoms with van der Waals surface area (Å²) in [5.74, 6) is 0.711. The highest BCUT2D eigenvalue weighted by Crippen LogP contribution is 2.41. The Bertz CT molecular complexity index is 466. The second kappa shape index (κ2) is 5.85. The van der Waals surface area contributed by atoms with Crippen molar-refractivity contribution in [1.82, 2.24) is 4.72 Å². The van der Waals surface area contributed by atoms with E-state index in [1.54, 1.807) is 0 Å². The Balaban J connectivity index is 2.08. The van der Waals surface area contributed by atoms with Crippen molar-refractivity contribution in [2.45, 2.75) is 38.6 Å². The van der Waals surface area contributed by atoms with Gasteiger partial charge in [0.25, 0.3) is 0 Å². The lowest BCUT2D eigenvalue weighted by Crippen LogP contribution is -2.31. The zero-order valence-electron chi connectivity index (χ0n) is 10.8. The highest BCUT2D eigenvalue weighted by Gasteiger charge is 2.34. The first kappa shape index (κ1) is 13.6. The quantitative estimate of drug-likeness (QED) is 0.825. The molecule has 1 aromatic carbocycles. The fraction of sp³-hybridized carbons (Fsp3) is 0.571. The maximum Gasteiger partial charge on any atom is 0.212 e. The third-order valence-electron chi connectivity index (χ3n) is 3.33. The third kappa shape index (κ3) is 3.82. The molecule has 1 unspecified atom stereocenters. The van der Waals surface area contributed by atoms with E-state index < -0.39 is 10.0 Å². The molecule has 1 aromatic rings. The summed E-state index contributed by atoms with van der Waals surface area (Å²) in [6.07, 6.45) is 3.87. The molecule has 2 rings (SSSR count). The van der Waals surface area contributed by atoms with Crippen LogP contribution in [0.25, 0.3) is 0 Å². The molecule has 0 spiro atoms.